The highest BCUT2D eigenvalue weighted by Gasteiger charge is 2.27. The maximum atomic E-state index is 6.60. The normalized spacial score (nSPS) is 31.1. The average Bonchev–Trinajstić information content (AvgIpc) is 2.47. The topological polar surface area (TPSA) is 9.23 Å². The van der Waals surface area contributed by atoms with Crippen LogP contribution in [0.4, 0.5) is 0 Å². The summed E-state index contributed by atoms with van der Waals surface area (Å²) in [5, 5.41) is 0. The van der Waals surface area contributed by atoms with Gasteiger partial charge >= 0.3 is 0 Å². The SMILES string of the molecule is IC1CCCCCCC1OC1CCCc2ccccc21. The van der Waals surface area contributed by atoms with E-state index in [1.165, 1.54) is 68.9 Å². The summed E-state index contributed by atoms with van der Waals surface area (Å²) in [5.74, 6) is 0. The van der Waals surface area contributed by atoms with Crippen LogP contribution in [-0.2, 0) is 11.2 Å². The van der Waals surface area contributed by atoms with E-state index in [1.54, 1.807) is 0 Å². The molecule has 0 heterocycles. The molecule has 110 valence electrons. The fourth-order valence-electron chi connectivity index (χ4n) is 3.62. The van der Waals surface area contributed by atoms with E-state index < -0.39 is 0 Å². The van der Waals surface area contributed by atoms with Crippen LogP contribution < -0.4 is 0 Å². The molecule has 0 aliphatic heterocycles. The van der Waals surface area contributed by atoms with E-state index in [9.17, 15) is 0 Å². The minimum atomic E-state index is 0.349. The van der Waals surface area contributed by atoms with Crippen LogP contribution in [0.3, 0.4) is 0 Å². The Kier molecular flexibility index (Phi) is 5.38. The summed E-state index contributed by atoms with van der Waals surface area (Å²) in [6, 6.07) is 8.90. The van der Waals surface area contributed by atoms with Crippen molar-refractivity contribution in [1.82, 2.24) is 0 Å². The first-order chi connectivity index (χ1) is 9.84. The van der Waals surface area contributed by atoms with Crippen LogP contribution >= 0.6 is 22.6 Å². The van der Waals surface area contributed by atoms with Crippen LogP contribution in [0, 0.1) is 0 Å². The molecular weight excluding hydrogens is 359 g/mol. The van der Waals surface area contributed by atoms with E-state index in [0.717, 1.165) is 0 Å². The smallest absolute Gasteiger partial charge is 0.0832 e. The molecule has 0 amide bonds. The molecule has 1 fully saturated rings. The number of fused-ring (bicyclic) bond motifs is 1. The van der Waals surface area contributed by atoms with Crippen LogP contribution in [-0.4, -0.2) is 10.0 Å². The summed E-state index contributed by atoms with van der Waals surface area (Å²) in [4.78, 5) is 0. The van der Waals surface area contributed by atoms with Crippen LogP contribution in [0.1, 0.15) is 68.6 Å². The lowest BCUT2D eigenvalue weighted by Gasteiger charge is -2.33. The van der Waals surface area contributed by atoms with Gasteiger partial charge in [0.1, 0.15) is 0 Å². The Labute approximate surface area is 136 Å². The second-order valence-corrected chi connectivity index (χ2v) is 7.86. The van der Waals surface area contributed by atoms with Crippen molar-refractivity contribution in [2.45, 2.75) is 73.9 Å². The number of benzene rings is 1. The second-order valence-electron chi connectivity index (χ2n) is 6.26. The highest BCUT2D eigenvalue weighted by molar-refractivity contribution is 14.1. The first kappa shape index (κ1) is 14.8. The van der Waals surface area contributed by atoms with Crippen molar-refractivity contribution >= 4 is 22.6 Å². The molecule has 2 aliphatic carbocycles. The Bertz CT molecular complexity index is 431. The van der Waals surface area contributed by atoms with Crippen molar-refractivity contribution in [2.24, 2.45) is 0 Å². The molecule has 0 spiro atoms. The molecule has 3 unspecified atom stereocenters. The van der Waals surface area contributed by atoms with Crippen molar-refractivity contribution in [3.8, 4) is 0 Å². The molecule has 1 aromatic rings. The number of rotatable bonds is 2. The van der Waals surface area contributed by atoms with E-state index in [-0.39, 0.29) is 0 Å². The summed E-state index contributed by atoms with van der Waals surface area (Å²) < 4.78 is 7.30. The molecule has 2 aliphatic rings. The molecule has 0 aromatic heterocycles. The van der Waals surface area contributed by atoms with Gasteiger partial charge in [-0.15, -0.1) is 0 Å². The van der Waals surface area contributed by atoms with Gasteiger partial charge in [-0.1, -0.05) is 72.5 Å². The molecule has 1 saturated carbocycles. The average molecular weight is 384 g/mol. The van der Waals surface area contributed by atoms with Gasteiger partial charge in [0.05, 0.1) is 12.2 Å². The Hall–Kier alpha value is -0.0900. The Morgan fingerprint density at radius 3 is 2.60 bits per heavy atom. The lowest BCUT2D eigenvalue weighted by Crippen LogP contribution is -2.28. The second kappa shape index (κ2) is 7.26. The van der Waals surface area contributed by atoms with Crippen molar-refractivity contribution in [3.63, 3.8) is 0 Å². The Balaban J connectivity index is 1.70. The van der Waals surface area contributed by atoms with Crippen molar-refractivity contribution < 1.29 is 4.74 Å². The first-order valence-electron chi connectivity index (χ1n) is 8.22. The number of aryl methyl sites for hydroxylation is 1. The number of ether oxygens (including phenoxy) is 1. The van der Waals surface area contributed by atoms with Gasteiger partial charge < -0.3 is 4.74 Å². The van der Waals surface area contributed by atoms with Crippen LogP contribution in [0.25, 0.3) is 0 Å². The number of halogens is 1. The van der Waals surface area contributed by atoms with Crippen molar-refractivity contribution in [2.75, 3.05) is 0 Å². The van der Waals surface area contributed by atoms with E-state index >= 15 is 0 Å². The lowest BCUT2D eigenvalue weighted by atomic mass is 9.89. The van der Waals surface area contributed by atoms with Crippen molar-refractivity contribution in [1.29, 1.82) is 0 Å². The Morgan fingerprint density at radius 1 is 0.900 bits per heavy atom. The predicted molar refractivity (Wildman–Crippen MR) is 92.5 cm³/mol. The minimum Gasteiger partial charge on any atom is -0.369 e. The van der Waals surface area contributed by atoms with Crippen LogP contribution in [0.5, 0.6) is 0 Å². The highest BCUT2D eigenvalue weighted by Crippen LogP contribution is 2.36. The van der Waals surface area contributed by atoms with Gasteiger partial charge in [-0.25, -0.2) is 0 Å². The molecule has 20 heavy (non-hydrogen) atoms. The summed E-state index contributed by atoms with van der Waals surface area (Å²) in [7, 11) is 0. The standard InChI is InChI=1S/C18H25IO/c19-16-11-3-1-2-4-12-18(16)20-17-13-7-9-14-8-5-6-10-15(14)17/h5-6,8,10,16-18H,1-4,7,9,11-13H2. The number of alkyl halides is 1. The Morgan fingerprint density at radius 2 is 1.70 bits per heavy atom. The van der Waals surface area contributed by atoms with E-state index in [0.29, 0.717) is 16.1 Å². The maximum absolute atomic E-state index is 6.60. The molecule has 3 rings (SSSR count). The molecule has 0 N–H and O–H groups in total. The van der Waals surface area contributed by atoms with Gasteiger partial charge in [-0.05, 0) is 43.2 Å². The quantitative estimate of drug-likeness (QED) is 0.476. The summed E-state index contributed by atoms with van der Waals surface area (Å²) in [6.07, 6.45) is 12.7. The largest absolute Gasteiger partial charge is 0.369 e. The molecule has 1 nitrogen and oxygen atoms in total. The van der Waals surface area contributed by atoms with Crippen molar-refractivity contribution in [3.05, 3.63) is 35.4 Å². The zero-order chi connectivity index (χ0) is 13.8. The van der Waals surface area contributed by atoms with Crippen LogP contribution in [0.2, 0.25) is 0 Å². The van der Waals surface area contributed by atoms with Gasteiger partial charge in [0.2, 0.25) is 0 Å². The molecule has 1 aromatic carbocycles. The van der Waals surface area contributed by atoms with Crippen LogP contribution in [0.15, 0.2) is 24.3 Å². The third kappa shape index (κ3) is 3.56. The summed E-state index contributed by atoms with van der Waals surface area (Å²) >= 11 is 2.63. The fraction of sp³-hybridized carbons (Fsp3) is 0.667. The molecule has 3 atom stereocenters. The van der Waals surface area contributed by atoms with Gasteiger partial charge in [0.15, 0.2) is 0 Å². The molecule has 0 radical (unpaired) electrons. The van der Waals surface area contributed by atoms with Gasteiger partial charge in [0, 0.05) is 3.92 Å². The van der Waals surface area contributed by atoms with E-state index in [2.05, 4.69) is 46.9 Å². The summed E-state index contributed by atoms with van der Waals surface area (Å²) in [5.41, 5.74) is 2.98. The van der Waals surface area contributed by atoms with Gasteiger partial charge in [-0.2, -0.15) is 0 Å². The number of hydrogen-bond acceptors (Lipinski definition) is 1. The monoisotopic (exact) mass is 384 g/mol. The fourth-order valence-corrected chi connectivity index (χ4v) is 4.59. The maximum Gasteiger partial charge on any atom is 0.0832 e. The molecule has 0 bridgehead atoms. The molecule has 2 heteroatoms. The first-order valence-corrected chi connectivity index (χ1v) is 9.46. The zero-order valence-electron chi connectivity index (χ0n) is 12.2. The van der Waals surface area contributed by atoms with Gasteiger partial charge in [-0.3, -0.25) is 0 Å². The van der Waals surface area contributed by atoms with E-state index in [4.69, 9.17) is 4.74 Å². The molecular formula is C18H25IO. The van der Waals surface area contributed by atoms with Gasteiger partial charge in [0.25, 0.3) is 0 Å². The highest BCUT2D eigenvalue weighted by atomic mass is 127. The third-order valence-corrected chi connectivity index (χ3v) is 6.20. The number of hydrogen-bond donors (Lipinski definition) is 0. The third-order valence-electron chi connectivity index (χ3n) is 4.78. The lowest BCUT2D eigenvalue weighted by molar-refractivity contribution is -0.0282. The molecule has 0 saturated heterocycles. The predicted octanol–water partition coefficient (Wildman–Crippen LogP) is 5.61. The van der Waals surface area contributed by atoms with E-state index in [1.807, 2.05) is 0 Å². The summed E-state index contributed by atoms with van der Waals surface area (Å²) in [6.45, 7) is 0. The zero-order valence-corrected chi connectivity index (χ0v) is 14.3. The minimum absolute atomic E-state index is 0.349.